The highest BCUT2D eigenvalue weighted by Gasteiger charge is 2.19. The predicted octanol–water partition coefficient (Wildman–Crippen LogP) is 3.36. The fraction of sp³-hybridized carbons (Fsp3) is 0.480. The van der Waals surface area contributed by atoms with E-state index in [1.165, 1.54) is 0 Å². The highest BCUT2D eigenvalue weighted by Crippen LogP contribution is 2.20. The molecule has 178 valence electrons. The van der Waals surface area contributed by atoms with Crippen molar-refractivity contribution in [2.75, 3.05) is 45.2 Å². The van der Waals surface area contributed by atoms with Crippen LogP contribution in [0.3, 0.4) is 0 Å². The second kappa shape index (κ2) is 12.2. The number of methoxy groups -OCH3 is 1. The number of urea groups is 1. The van der Waals surface area contributed by atoms with Gasteiger partial charge in [0.05, 0.1) is 7.11 Å². The molecule has 1 aromatic heterocycles. The number of pyridine rings is 1. The summed E-state index contributed by atoms with van der Waals surface area (Å²) in [7, 11) is 1.61. The van der Waals surface area contributed by atoms with Crippen molar-refractivity contribution < 1.29 is 14.3 Å². The second-order valence-electron chi connectivity index (χ2n) is 8.58. The molecule has 3 rings (SSSR count). The molecule has 0 radical (unpaired) electrons. The van der Waals surface area contributed by atoms with Crippen molar-refractivity contribution in [3.63, 3.8) is 0 Å². The van der Waals surface area contributed by atoms with E-state index in [-0.39, 0.29) is 11.9 Å². The van der Waals surface area contributed by atoms with Crippen molar-refractivity contribution in [1.82, 2.24) is 20.5 Å². The number of ether oxygens (including phenoxy) is 1. The first-order chi connectivity index (χ1) is 15.9. The maximum Gasteiger partial charge on any atom is 0.319 e. The number of anilines is 1. The first-order valence-corrected chi connectivity index (χ1v) is 11.6. The zero-order chi connectivity index (χ0) is 23.6. The lowest BCUT2D eigenvalue weighted by Crippen LogP contribution is -2.41. The lowest BCUT2D eigenvalue weighted by Gasteiger charge is -2.32. The van der Waals surface area contributed by atoms with Crippen LogP contribution >= 0.6 is 0 Å². The first kappa shape index (κ1) is 24.5. The van der Waals surface area contributed by atoms with Crippen LogP contribution in [0.25, 0.3) is 0 Å². The molecule has 3 amide bonds. The highest BCUT2D eigenvalue weighted by molar-refractivity contribution is 5.94. The van der Waals surface area contributed by atoms with Crippen LogP contribution in [-0.4, -0.2) is 61.7 Å². The molecule has 3 N–H and O–H groups in total. The standard InChI is InChI=1S/C25H35N5O3/c1-18-16-22(17-19(2)28-18)29-25(32)27-12-15-30-13-9-20(10-14-30)8-11-26-24(31)21-4-6-23(33-3)7-5-21/h4-7,16-17,20H,8-15H2,1-3H3,(H,26,31)(H2,27,28,29,32). The first-order valence-electron chi connectivity index (χ1n) is 11.6. The Morgan fingerprint density at radius 1 is 1.03 bits per heavy atom. The van der Waals surface area contributed by atoms with Crippen LogP contribution in [0.5, 0.6) is 5.75 Å². The van der Waals surface area contributed by atoms with E-state index in [1.54, 1.807) is 31.4 Å². The molecule has 0 bridgehead atoms. The highest BCUT2D eigenvalue weighted by atomic mass is 16.5. The van der Waals surface area contributed by atoms with E-state index in [0.29, 0.717) is 24.6 Å². The molecule has 0 aliphatic carbocycles. The molecule has 8 nitrogen and oxygen atoms in total. The number of benzene rings is 1. The summed E-state index contributed by atoms with van der Waals surface area (Å²) in [6.45, 7) is 7.99. The molecule has 0 atom stereocenters. The van der Waals surface area contributed by atoms with Gasteiger partial charge in [-0.3, -0.25) is 9.78 Å². The van der Waals surface area contributed by atoms with Gasteiger partial charge in [0.15, 0.2) is 0 Å². The Hall–Kier alpha value is -3.13. The van der Waals surface area contributed by atoms with Crippen molar-refractivity contribution in [3.05, 3.63) is 53.3 Å². The Morgan fingerprint density at radius 2 is 1.70 bits per heavy atom. The smallest absolute Gasteiger partial charge is 0.319 e. The summed E-state index contributed by atoms with van der Waals surface area (Å²) in [5.74, 6) is 1.32. The average molecular weight is 454 g/mol. The molecule has 0 saturated carbocycles. The predicted molar refractivity (Wildman–Crippen MR) is 130 cm³/mol. The molecular weight excluding hydrogens is 418 g/mol. The Labute approximate surface area is 196 Å². The van der Waals surface area contributed by atoms with Crippen LogP contribution in [0.4, 0.5) is 10.5 Å². The van der Waals surface area contributed by atoms with Gasteiger partial charge in [-0.15, -0.1) is 0 Å². The van der Waals surface area contributed by atoms with E-state index in [1.807, 2.05) is 26.0 Å². The fourth-order valence-electron chi connectivity index (χ4n) is 4.14. The van der Waals surface area contributed by atoms with Gasteiger partial charge in [-0.1, -0.05) is 0 Å². The van der Waals surface area contributed by atoms with Gasteiger partial charge in [-0.25, -0.2) is 4.79 Å². The molecule has 33 heavy (non-hydrogen) atoms. The summed E-state index contributed by atoms with van der Waals surface area (Å²) in [6, 6.07) is 10.7. The van der Waals surface area contributed by atoms with Crippen molar-refractivity contribution in [3.8, 4) is 5.75 Å². The molecule has 8 heteroatoms. The fourth-order valence-corrected chi connectivity index (χ4v) is 4.14. The number of hydrogen-bond donors (Lipinski definition) is 3. The normalized spacial score (nSPS) is 14.5. The van der Waals surface area contributed by atoms with Gasteiger partial charge < -0.3 is 25.6 Å². The SMILES string of the molecule is COc1ccc(C(=O)NCCC2CCN(CCNC(=O)Nc3cc(C)nc(C)c3)CC2)cc1. The third-order valence-corrected chi connectivity index (χ3v) is 5.95. The van der Waals surface area contributed by atoms with E-state index in [9.17, 15) is 9.59 Å². The number of piperidine rings is 1. The zero-order valence-electron chi connectivity index (χ0n) is 19.8. The van der Waals surface area contributed by atoms with Gasteiger partial charge in [0, 0.05) is 42.3 Å². The van der Waals surface area contributed by atoms with Crippen LogP contribution < -0.4 is 20.7 Å². The average Bonchev–Trinajstić information content (AvgIpc) is 2.79. The topological polar surface area (TPSA) is 95.6 Å². The molecule has 2 aromatic rings. The summed E-state index contributed by atoms with van der Waals surface area (Å²) in [6.07, 6.45) is 3.21. The monoisotopic (exact) mass is 453 g/mol. The Bertz CT molecular complexity index is 904. The number of likely N-dealkylation sites (tertiary alicyclic amines) is 1. The number of aryl methyl sites for hydroxylation is 2. The van der Waals surface area contributed by atoms with E-state index in [4.69, 9.17) is 4.74 Å². The molecule has 0 unspecified atom stereocenters. The number of nitrogens with one attached hydrogen (secondary N) is 3. The number of aromatic nitrogens is 1. The number of rotatable bonds is 9. The van der Waals surface area contributed by atoms with Gasteiger partial charge in [-0.2, -0.15) is 0 Å². The van der Waals surface area contributed by atoms with Crippen LogP contribution in [0, 0.1) is 19.8 Å². The van der Waals surface area contributed by atoms with E-state index < -0.39 is 0 Å². The zero-order valence-corrected chi connectivity index (χ0v) is 19.8. The molecule has 1 saturated heterocycles. The van der Waals surface area contributed by atoms with Crippen molar-refractivity contribution in [2.24, 2.45) is 5.92 Å². The Kier molecular flexibility index (Phi) is 9.06. The van der Waals surface area contributed by atoms with Gasteiger partial charge >= 0.3 is 6.03 Å². The van der Waals surface area contributed by atoms with Crippen LogP contribution in [0.15, 0.2) is 36.4 Å². The molecule has 0 spiro atoms. The molecule has 1 aliphatic rings. The number of amides is 3. The van der Waals surface area contributed by atoms with E-state index in [2.05, 4.69) is 25.8 Å². The third-order valence-electron chi connectivity index (χ3n) is 5.95. The van der Waals surface area contributed by atoms with E-state index in [0.717, 1.165) is 61.7 Å². The Morgan fingerprint density at radius 3 is 2.33 bits per heavy atom. The van der Waals surface area contributed by atoms with Crippen LogP contribution in [0.2, 0.25) is 0 Å². The second-order valence-corrected chi connectivity index (χ2v) is 8.58. The summed E-state index contributed by atoms with van der Waals surface area (Å²) >= 11 is 0. The minimum absolute atomic E-state index is 0.0449. The largest absolute Gasteiger partial charge is 0.497 e. The third kappa shape index (κ3) is 8.05. The maximum absolute atomic E-state index is 12.3. The maximum atomic E-state index is 12.3. The quantitative estimate of drug-likeness (QED) is 0.541. The van der Waals surface area contributed by atoms with Gasteiger partial charge in [0.25, 0.3) is 5.91 Å². The number of carbonyl (C=O) groups excluding carboxylic acids is 2. The summed E-state index contributed by atoms with van der Waals surface area (Å²) < 4.78 is 5.12. The molecule has 1 fully saturated rings. The molecule has 2 heterocycles. The number of carbonyl (C=O) groups is 2. The molecular formula is C25H35N5O3. The summed E-state index contributed by atoms with van der Waals surface area (Å²) in [5, 5.41) is 8.82. The number of nitrogens with zero attached hydrogens (tertiary/aromatic N) is 2. The van der Waals surface area contributed by atoms with Crippen LogP contribution in [0.1, 0.15) is 41.0 Å². The van der Waals surface area contributed by atoms with Gasteiger partial charge in [-0.05, 0) is 88.5 Å². The lowest BCUT2D eigenvalue weighted by molar-refractivity contribution is 0.0948. The van der Waals surface area contributed by atoms with Gasteiger partial charge in [0.1, 0.15) is 5.75 Å². The molecule has 1 aliphatic heterocycles. The van der Waals surface area contributed by atoms with Crippen LogP contribution in [-0.2, 0) is 0 Å². The van der Waals surface area contributed by atoms with Crippen molar-refractivity contribution >= 4 is 17.6 Å². The molecule has 1 aromatic carbocycles. The van der Waals surface area contributed by atoms with Gasteiger partial charge in [0.2, 0.25) is 0 Å². The van der Waals surface area contributed by atoms with Crippen molar-refractivity contribution in [1.29, 1.82) is 0 Å². The van der Waals surface area contributed by atoms with Crippen molar-refractivity contribution in [2.45, 2.75) is 33.1 Å². The minimum atomic E-state index is -0.192. The number of hydrogen-bond acceptors (Lipinski definition) is 5. The van der Waals surface area contributed by atoms with E-state index >= 15 is 0 Å². The summed E-state index contributed by atoms with van der Waals surface area (Å²) in [4.78, 5) is 31.1. The Balaban J connectivity index is 1.27. The minimum Gasteiger partial charge on any atom is -0.497 e. The summed E-state index contributed by atoms with van der Waals surface area (Å²) in [5.41, 5.74) is 3.18. The lowest BCUT2D eigenvalue weighted by atomic mass is 9.93.